The fourth-order valence-electron chi connectivity index (χ4n) is 0. The summed E-state index contributed by atoms with van der Waals surface area (Å²) < 4.78 is 18.3. The average Bonchev–Trinajstić information content (AvgIpc) is 0.722. The monoisotopic (exact) mass is 142 g/mol. The Kier molecular flexibility index (Phi) is 5.38. The predicted molar refractivity (Wildman–Crippen MR) is 21.7 cm³/mol. The summed E-state index contributed by atoms with van der Waals surface area (Å²) in [4.78, 5) is 0. The van der Waals surface area contributed by atoms with Crippen LogP contribution < -0.4 is 18.9 Å². The molecule has 0 aliphatic heterocycles. The zero-order chi connectivity index (χ0) is 4.50. The Hall–Kier alpha value is 1.13. The molecule has 0 amide bonds. The first-order valence-electron chi connectivity index (χ1n) is 0.642. The SMILES string of the molecule is O=S(=O)(Cl)Cl.[H-].[Li+]. The molecular weight excluding hydrogens is 142 g/mol. The molecule has 0 atom stereocenters. The van der Waals surface area contributed by atoms with Gasteiger partial charge in [-0.05, 0) is 0 Å². The molecule has 0 radical (unpaired) electrons. The Bertz CT molecular complexity index is 98.9. The van der Waals surface area contributed by atoms with Gasteiger partial charge in [0.05, 0.1) is 0 Å². The third-order valence-corrected chi connectivity index (χ3v) is 0. The van der Waals surface area contributed by atoms with E-state index in [1.165, 1.54) is 0 Å². The quantitative estimate of drug-likeness (QED) is 0.285. The largest absolute Gasteiger partial charge is 1.00 e. The van der Waals surface area contributed by atoms with Crippen molar-refractivity contribution in [3.8, 4) is 0 Å². The van der Waals surface area contributed by atoms with Gasteiger partial charge in [0.2, 0.25) is 0 Å². The van der Waals surface area contributed by atoms with Crippen LogP contribution in [0.5, 0.6) is 0 Å². The molecule has 0 aliphatic carbocycles. The van der Waals surface area contributed by atoms with Crippen LogP contribution >= 0.6 is 21.4 Å². The molecule has 6 heavy (non-hydrogen) atoms. The van der Waals surface area contributed by atoms with Gasteiger partial charge in [-0.1, -0.05) is 0 Å². The van der Waals surface area contributed by atoms with Crippen LogP contribution in [0.15, 0.2) is 0 Å². The Balaban J connectivity index is -0.0000000800. The maximum atomic E-state index is 9.16. The van der Waals surface area contributed by atoms with E-state index in [1.807, 2.05) is 0 Å². The van der Waals surface area contributed by atoms with Crippen molar-refractivity contribution in [1.82, 2.24) is 0 Å². The maximum absolute atomic E-state index is 9.16. The smallest absolute Gasteiger partial charge is 1.00 e. The zero-order valence-electron chi connectivity index (χ0n) is 3.98. The van der Waals surface area contributed by atoms with E-state index in [0.29, 0.717) is 0 Å². The molecule has 0 heterocycles. The Morgan fingerprint density at radius 2 is 1.33 bits per heavy atom. The molecule has 2 nitrogen and oxygen atoms in total. The van der Waals surface area contributed by atoms with Crippen molar-refractivity contribution in [1.29, 1.82) is 0 Å². The predicted octanol–water partition coefficient (Wildman–Crippen LogP) is -2.17. The molecule has 34 valence electrons. The van der Waals surface area contributed by atoms with E-state index in [2.05, 4.69) is 21.4 Å². The van der Waals surface area contributed by atoms with Crippen molar-refractivity contribution in [2.24, 2.45) is 0 Å². The molecule has 0 bridgehead atoms. The van der Waals surface area contributed by atoms with Crippen molar-refractivity contribution < 1.29 is 28.7 Å². The van der Waals surface area contributed by atoms with Crippen molar-refractivity contribution in [2.75, 3.05) is 0 Å². The third kappa shape index (κ3) is 68.7. The summed E-state index contributed by atoms with van der Waals surface area (Å²) in [5.41, 5.74) is 0. The van der Waals surface area contributed by atoms with Gasteiger partial charge < -0.3 is 1.43 Å². The van der Waals surface area contributed by atoms with Crippen LogP contribution in [0.2, 0.25) is 0 Å². The fraction of sp³-hybridized carbons (Fsp3) is 0. The number of hydrogen-bond acceptors (Lipinski definition) is 2. The van der Waals surface area contributed by atoms with E-state index in [-0.39, 0.29) is 20.3 Å². The first-order valence-corrected chi connectivity index (χ1v) is 3.78. The minimum atomic E-state index is -3.72. The molecule has 0 saturated heterocycles. The Morgan fingerprint density at radius 1 is 1.33 bits per heavy atom. The standard InChI is InChI=1S/Cl2O2S.Li.H/c1-5(2,3)4;;/q;+1;-1. The normalized spacial score (nSPS) is 9.67. The van der Waals surface area contributed by atoms with Crippen molar-refractivity contribution in [2.45, 2.75) is 0 Å². The summed E-state index contributed by atoms with van der Waals surface area (Å²) >= 11 is 0. The molecule has 0 aromatic carbocycles. The van der Waals surface area contributed by atoms with Gasteiger partial charge in [0.15, 0.2) is 0 Å². The summed E-state index contributed by atoms with van der Waals surface area (Å²) in [6, 6.07) is 0. The fourth-order valence-corrected chi connectivity index (χ4v) is 0. The molecule has 0 spiro atoms. The summed E-state index contributed by atoms with van der Waals surface area (Å²) in [6.45, 7) is 0. The van der Waals surface area contributed by atoms with Gasteiger partial charge in [0.1, 0.15) is 0 Å². The van der Waals surface area contributed by atoms with Gasteiger partial charge >= 0.3 is 27.1 Å². The second-order valence-electron chi connectivity index (χ2n) is 0.378. The summed E-state index contributed by atoms with van der Waals surface area (Å²) in [5.74, 6) is 0. The second kappa shape index (κ2) is 3.17. The van der Waals surface area contributed by atoms with E-state index in [1.54, 1.807) is 0 Å². The molecule has 0 fully saturated rings. The minimum absolute atomic E-state index is 0. The van der Waals surface area contributed by atoms with E-state index < -0.39 is 8.26 Å². The van der Waals surface area contributed by atoms with Gasteiger partial charge in [0, 0.05) is 21.4 Å². The van der Waals surface area contributed by atoms with Crippen LogP contribution in [0.25, 0.3) is 0 Å². The van der Waals surface area contributed by atoms with Crippen LogP contribution in [0.4, 0.5) is 0 Å². The van der Waals surface area contributed by atoms with Crippen molar-refractivity contribution in [3.05, 3.63) is 0 Å². The van der Waals surface area contributed by atoms with Crippen LogP contribution in [0.3, 0.4) is 0 Å². The van der Waals surface area contributed by atoms with Gasteiger partial charge in [-0.2, -0.15) is 8.42 Å². The van der Waals surface area contributed by atoms with Crippen molar-refractivity contribution >= 4 is 29.6 Å². The maximum Gasteiger partial charge on any atom is 1.00 e. The van der Waals surface area contributed by atoms with Gasteiger partial charge in [-0.3, -0.25) is 0 Å². The van der Waals surface area contributed by atoms with E-state index in [4.69, 9.17) is 8.42 Å². The van der Waals surface area contributed by atoms with Crippen LogP contribution in [0, 0.1) is 0 Å². The van der Waals surface area contributed by atoms with Crippen LogP contribution in [-0.2, 0) is 8.26 Å². The topological polar surface area (TPSA) is 34.1 Å². The third-order valence-electron chi connectivity index (χ3n) is 0. The molecule has 0 aliphatic rings. The van der Waals surface area contributed by atoms with Crippen LogP contribution in [-0.4, -0.2) is 8.42 Å². The summed E-state index contributed by atoms with van der Waals surface area (Å²) in [6.07, 6.45) is 0. The Labute approximate surface area is 58.4 Å². The molecule has 0 N–H and O–H groups in total. The average molecular weight is 143 g/mol. The summed E-state index contributed by atoms with van der Waals surface area (Å²) in [5, 5.41) is 0. The molecule has 0 aromatic rings. The number of rotatable bonds is 0. The molecule has 6 heteroatoms. The molecule has 0 aromatic heterocycles. The molecular formula is HCl2LiO2S. The van der Waals surface area contributed by atoms with E-state index in [0.717, 1.165) is 0 Å². The van der Waals surface area contributed by atoms with E-state index >= 15 is 0 Å². The second-order valence-corrected chi connectivity index (χ2v) is 4.05. The molecule has 0 unspecified atom stereocenters. The number of halogens is 2. The van der Waals surface area contributed by atoms with Gasteiger partial charge in [0.25, 0.3) is 0 Å². The zero-order valence-corrected chi connectivity index (χ0v) is 5.31. The molecule has 0 saturated carbocycles. The van der Waals surface area contributed by atoms with Crippen LogP contribution in [0.1, 0.15) is 1.43 Å². The van der Waals surface area contributed by atoms with E-state index in [9.17, 15) is 0 Å². The summed E-state index contributed by atoms with van der Waals surface area (Å²) in [7, 11) is 4.81. The first kappa shape index (κ1) is 10.2. The van der Waals surface area contributed by atoms with Gasteiger partial charge in [-0.25, -0.2) is 0 Å². The minimum Gasteiger partial charge on any atom is -1.00 e. The van der Waals surface area contributed by atoms with Gasteiger partial charge in [-0.15, -0.1) is 0 Å². The first-order chi connectivity index (χ1) is 2.00. The number of hydrogen-bond donors (Lipinski definition) is 0. The molecule has 0 rings (SSSR count). The van der Waals surface area contributed by atoms with Crippen molar-refractivity contribution in [3.63, 3.8) is 0 Å². The Morgan fingerprint density at radius 3 is 1.33 bits per heavy atom.